The zero-order valence-corrected chi connectivity index (χ0v) is 17.2. The molecule has 2 heterocycles. The number of aromatic nitrogens is 2. The average molecular weight is 383 g/mol. The number of hydrogen-bond acceptors (Lipinski definition) is 3. The van der Waals surface area contributed by atoms with E-state index in [9.17, 15) is 4.79 Å². The number of nitrogens with zero attached hydrogens (tertiary/aromatic N) is 5. The lowest BCUT2D eigenvalue weighted by Crippen LogP contribution is -2.56. The van der Waals surface area contributed by atoms with Crippen LogP contribution in [0, 0.1) is 5.41 Å². The van der Waals surface area contributed by atoms with E-state index in [2.05, 4.69) is 53.5 Å². The lowest BCUT2D eigenvalue weighted by atomic mass is 9.86. The number of rotatable bonds is 5. The van der Waals surface area contributed by atoms with Crippen LogP contribution in [0.1, 0.15) is 19.4 Å². The second-order valence-electron chi connectivity index (χ2n) is 8.07. The molecule has 1 aromatic heterocycles. The Morgan fingerprint density at radius 3 is 2.61 bits per heavy atom. The summed E-state index contributed by atoms with van der Waals surface area (Å²) in [5.41, 5.74) is 2.24. The first kappa shape index (κ1) is 19.9. The normalized spacial score (nSPS) is 15.9. The highest BCUT2D eigenvalue weighted by Crippen LogP contribution is 2.21. The molecule has 0 atom stereocenters. The topological polar surface area (TPSA) is 65.8 Å². The van der Waals surface area contributed by atoms with E-state index in [-0.39, 0.29) is 11.3 Å². The summed E-state index contributed by atoms with van der Waals surface area (Å²) in [5.74, 6) is 0.839. The van der Waals surface area contributed by atoms with Crippen molar-refractivity contribution in [3.8, 4) is 0 Å². The number of carbonyl (C=O) groups is 1. The van der Waals surface area contributed by atoms with Gasteiger partial charge in [-0.25, -0.2) is 0 Å². The summed E-state index contributed by atoms with van der Waals surface area (Å²) in [6.07, 6.45) is 4.57. The molecular weight excluding hydrogens is 352 g/mol. The highest BCUT2D eigenvalue weighted by Gasteiger charge is 2.28. The zero-order valence-electron chi connectivity index (χ0n) is 17.2. The molecule has 0 saturated carbocycles. The van der Waals surface area contributed by atoms with Crippen molar-refractivity contribution in [3.05, 3.63) is 48.3 Å². The van der Waals surface area contributed by atoms with Crippen molar-refractivity contribution >= 4 is 17.6 Å². The fourth-order valence-corrected chi connectivity index (χ4v) is 3.54. The maximum Gasteiger partial charge on any atom is 0.246 e. The summed E-state index contributed by atoms with van der Waals surface area (Å²) in [7, 11) is 3.62. The molecule has 2 aromatic rings. The van der Waals surface area contributed by atoms with Gasteiger partial charge in [0.25, 0.3) is 0 Å². The number of aryl methyl sites for hydroxylation is 1. The molecule has 0 unspecified atom stereocenters. The molecule has 1 aromatic carbocycles. The van der Waals surface area contributed by atoms with Crippen LogP contribution in [-0.4, -0.2) is 59.8 Å². The molecule has 0 aliphatic carbocycles. The van der Waals surface area contributed by atoms with Crippen LogP contribution in [0.2, 0.25) is 0 Å². The van der Waals surface area contributed by atoms with Crippen molar-refractivity contribution in [2.75, 3.05) is 38.1 Å². The quantitative estimate of drug-likeness (QED) is 0.634. The van der Waals surface area contributed by atoms with E-state index >= 15 is 0 Å². The Bertz CT molecular complexity index is 826. The van der Waals surface area contributed by atoms with Crippen LogP contribution in [0.5, 0.6) is 0 Å². The van der Waals surface area contributed by atoms with E-state index in [1.165, 1.54) is 5.56 Å². The Labute approximate surface area is 167 Å². The van der Waals surface area contributed by atoms with Crippen molar-refractivity contribution in [2.24, 2.45) is 17.5 Å². The van der Waals surface area contributed by atoms with Crippen molar-refractivity contribution < 1.29 is 4.79 Å². The second kappa shape index (κ2) is 8.46. The maximum atomic E-state index is 12.6. The summed E-state index contributed by atoms with van der Waals surface area (Å²) in [5, 5.41) is 7.63. The molecule has 1 amide bonds. The van der Waals surface area contributed by atoms with Crippen molar-refractivity contribution in [2.45, 2.75) is 20.3 Å². The largest absolute Gasteiger partial charge is 0.356 e. The van der Waals surface area contributed by atoms with E-state index in [1.54, 1.807) is 22.8 Å². The minimum Gasteiger partial charge on any atom is -0.356 e. The molecule has 3 rings (SSSR count). The minimum atomic E-state index is 0.0609. The number of hydrogen-bond donors (Lipinski definition) is 1. The Morgan fingerprint density at radius 1 is 1.25 bits per heavy atom. The third kappa shape index (κ3) is 4.91. The first-order valence-electron chi connectivity index (χ1n) is 9.66. The number of nitrogens with one attached hydrogen (secondary N) is 1. The molecule has 1 aliphatic heterocycles. The van der Waals surface area contributed by atoms with E-state index in [1.807, 2.05) is 24.2 Å². The molecule has 28 heavy (non-hydrogen) atoms. The van der Waals surface area contributed by atoms with Crippen molar-refractivity contribution in [1.82, 2.24) is 20.0 Å². The summed E-state index contributed by atoms with van der Waals surface area (Å²) in [4.78, 5) is 20.9. The number of carbonyl (C=O) groups excluding carboxylic acids is 1. The summed E-state index contributed by atoms with van der Waals surface area (Å²) in [6, 6.07) is 10.5. The molecule has 7 nitrogen and oxygen atoms in total. The van der Waals surface area contributed by atoms with Gasteiger partial charge in [0.05, 0.1) is 11.9 Å². The minimum absolute atomic E-state index is 0.0609. The monoisotopic (exact) mass is 382 g/mol. The van der Waals surface area contributed by atoms with Gasteiger partial charge in [0.2, 0.25) is 5.91 Å². The Kier molecular flexibility index (Phi) is 6.02. The predicted octanol–water partition coefficient (Wildman–Crippen LogP) is 1.91. The van der Waals surface area contributed by atoms with Gasteiger partial charge in [-0.1, -0.05) is 44.2 Å². The fourth-order valence-electron chi connectivity index (χ4n) is 3.54. The van der Waals surface area contributed by atoms with Gasteiger partial charge in [0.15, 0.2) is 5.96 Å². The summed E-state index contributed by atoms with van der Waals surface area (Å²) in [6.45, 7) is 6.94. The molecule has 1 saturated heterocycles. The van der Waals surface area contributed by atoms with Gasteiger partial charge in [-0.3, -0.25) is 14.5 Å². The average Bonchev–Trinajstić information content (AvgIpc) is 3.09. The van der Waals surface area contributed by atoms with Crippen LogP contribution in [0.3, 0.4) is 0 Å². The van der Waals surface area contributed by atoms with Crippen molar-refractivity contribution in [3.63, 3.8) is 0 Å². The summed E-state index contributed by atoms with van der Waals surface area (Å²) >= 11 is 0. The Balaban J connectivity index is 1.56. The van der Waals surface area contributed by atoms with Gasteiger partial charge in [-0.05, 0) is 17.4 Å². The molecule has 7 heteroatoms. The van der Waals surface area contributed by atoms with E-state index in [0.717, 1.165) is 31.2 Å². The third-order valence-corrected chi connectivity index (χ3v) is 4.99. The van der Waals surface area contributed by atoms with Crippen LogP contribution < -0.4 is 10.2 Å². The molecule has 150 valence electrons. The molecule has 0 bridgehead atoms. The third-order valence-electron chi connectivity index (χ3n) is 4.99. The van der Waals surface area contributed by atoms with Gasteiger partial charge in [0, 0.05) is 39.9 Å². The van der Waals surface area contributed by atoms with Crippen LogP contribution in [0.25, 0.3) is 0 Å². The zero-order chi connectivity index (χ0) is 20.1. The highest BCUT2D eigenvalue weighted by atomic mass is 16.2. The molecule has 1 N–H and O–H groups in total. The Morgan fingerprint density at radius 2 is 2.00 bits per heavy atom. The number of aliphatic imine (C=N–C) groups is 1. The van der Waals surface area contributed by atoms with Gasteiger partial charge >= 0.3 is 0 Å². The number of amides is 1. The number of anilines is 1. The molecule has 0 spiro atoms. The van der Waals surface area contributed by atoms with Gasteiger partial charge in [0.1, 0.15) is 6.54 Å². The predicted molar refractivity (Wildman–Crippen MR) is 112 cm³/mol. The lowest BCUT2D eigenvalue weighted by molar-refractivity contribution is -0.120. The molecule has 1 fully saturated rings. The number of benzene rings is 1. The van der Waals surface area contributed by atoms with Gasteiger partial charge in [-0.2, -0.15) is 5.10 Å². The SMILES string of the molecule is CN=C(NCC(C)(C)Cc1ccccc1)N1CCN(c2cnn(C)c2)C(=O)C1. The molecule has 1 aliphatic rings. The van der Waals surface area contributed by atoms with E-state index in [0.29, 0.717) is 13.1 Å². The van der Waals surface area contributed by atoms with Crippen LogP contribution in [0.15, 0.2) is 47.7 Å². The summed E-state index contributed by atoms with van der Waals surface area (Å²) < 4.78 is 1.71. The Hall–Kier alpha value is -2.83. The maximum absolute atomic E-state index is 12.6. The molecule has 0 radical (unpaired) electrons. The van der Waals surface area contributed by atoms with Gasteiger partial charge in [-0.15, -0.1) is 0 Å². The smallest absolute Gasteiger partial charge is 0.246 e. The second-order valence-corrected chi connectivity index (χ2v) is 8.07. The number of piperazine rings is 1. The van der Waals surface area contributed by atoms with Crippen LogP contribution in [-0.2, 0) is 18.3 Å². The van der Waals surface area contributed by atoms with E-state index < -0.39 is 0 Å². The lowest BCUT2D eigenvalue weighted by Gasteiger charge is -2.36. The number of guanidine groups is 1. The standard InChI is InChI=1S/C21H30N6O/c1-21(2,12-17-8-6-5-7-9-17)16-23-20(22-3)26-10-11-27(19(28)15-26)18-13-24-25(4)14-18/h5-9,13-14H,10-12,15-16H2,1-4H3,(H,22,23). The van der Waals surface area contributed by atoms with Crippen LogP contribution in [0.4, 0.5) is 5.69 Å². The first-order valence-corrected chi connectivity index (χ1v) is 9.66. The molecular formula is C21H30N6O. The van der Waals surface area contributed by atoms with Gasteiger partial charge < -0.3 is 15.1 Å². The fraction of sp³-hybridized carbons (Fsp3) is 0.476. The van der Waals surface area contributed by atoms with Crippen LogP contribution >= 0.6 is 0 Å². The first-order chi connectivity index (χ1) is 13.4. The van der Waals surface area contributed by atoms with Crippen molar-refractivity contribution in [1.29, 1.82) is 0 Å². The highest BCUT2D eigenvalue weighted by molar-refractivity contribution is 5.98. The van der Waals surface area contributed by atoms with E-state index in [4.69, 9.17) is 0 Å².